The van der Waals surface area contributed by atoms with Crippen LogP contribution in [0.5, 0.6) is 0 Å². The second-order valence-electron chi connectivity index (χ2n) is 10.9. The van der Waals surface area contributed by atoms with Gasteiger partial charge in [-0.15, -0.1) is 0 Å². The van der Waals surface area contributed by atoms with Gasteiger partial charge in [-0.3, -0.25) is 0 Å². The van der Waals surface area contributed by atoms with Gasteiger partial charge in [0.2, 0.25) is 5.69 Å². The lowest BCUT2D eigenvalue weighted by molar-refractivity contribution is 0.00167. The molecule has 0 radical (unpaired) electrons. The van der Waals surface area contributed by atoms with E-state index in [-0.39, 0.29) is 23.0 Å². The SMILES string of the molecule is CC1(C)[C@H]2CC[C@]1(C)[C@H](OP(=S)(S)O[C@@H]1C[C@@H]3CC[C@@]1(C)C3(C)C)C2. The average molecular weight is 403 g/mol. The molecule has 6 atom stereocenters. The summed E-state index contributed by atoms with van der Waals surface area (Å²) >= 11 is 10.6. The second kappa shape index (κ2) is 5.50. The molecule has 0 aromatic carbocycles. The number of thiol groups is 1. The van der Waals surface area contributed by atoms with Crippen LogP contribution in [-0.4, -0.2) is 12.2 Å². The fourth-order valence-electron chi connectivity index (χ4n) is 6.93. The van der Waals surface area contributed by atoms with Crippen molar-refractivity contribution in [2.75, 3.05) is 0 Å². The van der Waals surface area contributed by atoms with Gasteiger partial charge in [0.05, 0.1) is 12.2 Å². The lowest BCUT2D eigenvalue weighted by Crippen LogP contribution is -2.38. The first-order valence-corrected chi connectivity index (χ1v) is 13.8. The summed E-state index contributed by atoms with van der Waals surface area (Å²) in [6.45, 7) is 14.4. The van der Waals surface area contributed by atoms with Crippen molar-refractivity contribution in [2.24, 2.45) is 33.5 Å². The van der Waals surface area contributed by atoms with Crippen LogP contribution in [0.15, 0.2) is 0 Å². The van der Waals surface area contributed by atoms with E-state index in [0.29, 0.717) is 10.8 Å². The molecule has 0 saturated heterocycles. The Morgan fingerprint density at radius 1 is 0.800 bits per heavy atom. The van der Waals surface area contributed by atoms with Crippen molar-refractivity contribution in [3.05, 3.63) is 0 Å². The topological polar surface area (TPSA) is 18.5 Å². The highest BCUT2D eigenvalue weighted by Crippen LogP contribution is 2.73. The Morgan fingerprint density at radius 2 is 1.16 bits per heavy atom. The third-order valence-corrected chi connectivity index (χ3v) is 12.1. The first kappa shape index (κ1) is 19.2. The van der Waals surface area contributed by atoms with Crippen LogP contribution in [-0.2, 0) is 20.9 Å². The van der Waals surface area contributed by atoms with Crippen molar-refractivity contribution < 1.29 is 9.05 Å². The number of hydrogen-bond donors (Lipinski definition) is 1. The minimum atomic E-state index is -2.52. The zero-order valence-corrected chi connectivity index (χ0v) is 19.3. The minimum Gasteiger partial charge on any atom is -0.318 e. The molecule has 4 aliphatic rings. The van der Waals surface area contributed by atoms with Gasteiger partial charge < -0.3 is 9.05 Å². The molecule has 4 saturated carbocycles. The smallest absolute Gasteiger partial charge is 0.244 e. The van der Waals surface area contributed by atoms with Crippen LogP contribution in [0.4, 0.5) is 0 Å². The van der Waals surface area contributed by atoms with Crippen LogP contribution in [0.3, 0.4) is 0 Å². The summed E-state index contributed by atoms with van der Waals surface area (Å²) in [5.41, 5.74) is -1.42. The largest absolute Gasteiger partial charge is 0.318 e. The number of fused-ring (bicyclic) bond motifs is 4. The lowest BCUT2D eigenvalue weighted by Gasteiger charge is -2.42. The zero-order chi connectivity index (χ0) is 18.5. The molecule has 0 aromatic heterocycles. The standard InChI is InChI=1S/C20H35O2PS2/c1-17(2)13-7-9-19(17,5)15(11-13)21-23(24,25)22-16-12-14-8-10-20(16,6)18(14,3)4/h13-16H,7-12H2,1-6H3,(H,24,25)/t13-,14-,15+,16+,19+,20+/m0/s1. The van der Waals surface area contributed by atoms with E-state index in [1.54, 1.807) is 0 Å². The van der Waals surface area contributed by atoms with Gasteiger partial charge in [0.25, 0.3) is 0 Å². The number of hydrogen-bond acceptors (Lipinski definition) is 3. The van der Waals surface area contributed by atoms with E-state index in [1.807, 2.05) is 0 Å². The van der Waals surface area contributed by atoms with Crippen molar-refractivity contribution in [1.82, 2.24) is 0 Å². The van der Waals surface area contributed by atoms with Gasteiger partial charge in [0, 0.05) is 0 Å². The molecule has 2 nitrogen and oxygen atoms in total. The van der Waals surface area contributed by atoms with Crippen molar-refractivity contribution in [2.45, 2.75) is 92.3 Å². The molecule has 0 spiro atoms. The van der Waals surface area contributed by atoms with Gasteiger partial charge in [0.1, 0.15) is 0 Å². The Labute approximate surface area is 164 Å². The molecule has 4 fully saturated rings. The van der Waals surface area contributed by atoms with Crippen LogP contribution in [0, 0.1) is 33.5 Å². The minimum absolute atomic E-state index is 0.212. The third-order valence-electron chi connectivity index (χ3n) is 9.95. The maximum absolute atomic E-state index is 6.52. The Kier molecular flexibility index (Phi) is 4.23. The molecule has 0 heterocycles. The molecule has 4 aliphatic carbocycles. The highest BCUT2D eigenvalue weighted by molar-refractivity contribution is 8.60. The molecule has 4 bridgehead atoms. The second-order valence-corrected chi connectivity index (χ2v) is 16.1. The number of rotatable bonds is 4. The summed E-state index contributed by atoms with van der Waals surface area (Å²) < 4.78 is 13.0. The molecule has 0 amide bonds. The molecule has 5 heteroatoms. The summed E-state index contributed by atoms with van der Waals surface area (Å²) in [5, 5.41) is 0. The van der Waals surface area contributed by atoms with E-state index in [0.717, 1.165) is 24.7 Å². The zero-order valence-electron chi connectivity index (χ0n) is 16.7. The lowest BCUT2D eigenvalue weighted by atomic mass is 9.70. The molecule has 4 rings (SSSR count). The average Bonchev–Trinajstić information content (AvgIpc) is 2.98. The summed E-state index contributed by atoms with van der Waals surface area (Å²) in [5.74, 6) is 1.51. The van der Waals surface area contributed by atoms with Crippen molar-refractivity contribution in [3.63, 3.8) is 0 Å². The summed E-state index contributed by atoms with van der Waals surface area (Å²) in [6, 6.07) is 0. The van der Waals surface area contributed by atoms with E-state index < -0.39 is 5.69 Å². The molecular formula is C20H35O2PS2. The van der Waals surface area contributed by atoms with E-state index in [9.17, 15) is 0 Å². The van der Waals surface area contributed by atoms with E-state index in [2.05, 4.69) is 41.5 Å². The molecular weight excluding hydrogens is 367 g/mol. The van der Waals surface area contributed by atoms with Crippen LogP contribution in [0.25, 0.3) is 0 Å². The van der Waals surface area contributed by atoms with Gasteiger partial charge >= 0.3 is 0 Å². The Bertz CT molecular complexity index is 583. The summed E-state index contributed by atoms with van der Waals surface area (Å²) in [6.07, 6.45) is 7.83. The fourth-order valence-corrected chi connectivity index (χ4v) is 9.56. The van der Waals surface area contributed by atoms with Crippen LogP contribution < -0.4 is 0 Å². The first-order chi connectivity index (χ1) is 11.3. The van der Waals surface area contributed by atoms with Crippen LogP contribution in [0.1, 0.15) is 80.1 Å². The Balaban J connectivity index is 1.49. The van der Waals surface area contributed by atoms with Crippen molar-refractivity contribution in [3.8, 4) is 0 Å². The fraction of sp³-hybridized carbons (Fsp3) is 1.00. The summed E-state index contributed by atoms with van der Waals surface area (Å²) in [4.78, 5) is 0. The van der Waals surface area contributed by atoms with Gasteiger partial charge in [-0.05, 0) is 83.8 Å². The monoisotopic (exact) mass is 402 g/mol. The maximum Gasteiger partial charge on any atom is 0.244 e. The Hall–Kier alpha value is 0.920. The van der Waals surface area contributed by atoms with E-state index in [1.165, 1.54) is 25.7 Å². The predicted molar refractivity (Wildman–Crippen MR) is 111 cm³/mol. The molecule has 0 aromatic rings. The Morgan fingerprint density at radius 3 is 1.40 bits per heavy atom. The normalized spacial score (nSPS) is 49.9. The van der Waals surface area contributed by atoms with Gasteiger partial charge in [0.15, 0.2) is 0 Å². The van der Waals surface area contributed by atoms with Gasteiger partial charge in [-0.1, -0.05) is 53.8 Å². The third kappa shape index (κ3) is 2.46. The maximum atomic E-state index is 6.52. The van der Waals surface area contributed by atoms with Crippen molar-refractivity contribution in [1.29, 1.82) is 0 Å². The molecule has 0 N–H and O–H groups in total. The highest BCUT2D eigenvalue weighted by Gasteiger charge is 2.64. The van der Waals surface area contributed by atoms with E-state index in [4.69, 9.17) is 33.1 Å². The van der Waals surface area contributed by atoms with Crippen LogP contribution >= 0.6 is 17.9 Å². The highest BCUT2D eigenvalue weighted by atomic mass is 32.9. The van der Waals surface area contributed by atoms with Gasteiger partial charge in [-0.25, -0.2) is 0 Å². The van der Waals surface area contributed by atoms with Gasteiger partial charge in [-0.2, -0.15) is 0 Å². The first-order valence-electron chi connectivity index (χ1n) is 10.0. The molecule has 144 valence electrons. The van der Waals surface area contributed by atoms with Crippen LogP contribution in [0.2, 0.25) is 0 Å². The predicted octanol–water partition coefficient (Wildman–Crippen LogP) is 6.60. The molecule has 0 unspecified atom stereocenters. The quantitative estimate of drug-likeness (QED) is 0.422. The van der Waals surface area contributed by atoms with Crippen molar-refractivity contribution >= 4 is 29.7 Å². The summed E-state index contributed by atoms with van der Waals surface area (Å²) in [7, 11) is 0. The van der Waals surface area contributed by atoms with E-state index >= 15 is 0 Å². The molecule has 25 heavy (non-hydrogen) atoms. The molecule has 0 aliphatic heterocycles.